The van der Waals surface area contributed by atoms with Gasteiger partial charge in [-0.25, -0.2) is 0 Å². The number of phenolic OH excluding ortho intramolecular Hbond substituents is 1. The first kappa shape index (κ1) is 31.3. The minimum absolute atomic E-state index is 0.0525. The molecule has 1 aliphatic heterocycles. The van der Waals surface area contributed by atoms with Crippen LogP contribution in [0.1, 0.15) is 27.7 Å². The first-order valence-electron chi connectivity index (χ1n) is 12.9. The van der Waals surface area contributed by atoms with Gasteiger partial charge < -0.3 is 37.9 Å². The van der Waals surface area contributed by atoms with Crippen molar-refractivity contribution in [3.8, 4) is 22.6 Å². The van der Waals surface area contributed by atoms with Crippen LogP contribution in [-0.4, -0.2) is 66.3 Å². The summed E-state index contributed by atoms with van der Waals surface area (Å²) < 4.78 is 38.6. The summed E-state index contributed by atoms with van der Waals surface area (Å²) in [5, 5.41) is 11.2. The van der Waals surface area contributed by atoms with Gasteiger partial charge in [0.05, 0.1) is 5.56 Å². The van der Waals surface area contributed by atoms with Crippen LogP contribution in [0.4, 0.5) is 0 Å². The Bertz CT molecular complexity index is 1600. The molecule has 0 spiro atoms. The summed E-state index contributed by atoms with van der Waals surface area (Å²) in [6.07, 6.45) is -5.93. The Kier molecular flexibility index (Phi) is 9.56. The maximum absolute atomic E-state index is 13.2. The second-order valence-corrected chi connectivity index (χ2v) is 9.92. The van der Waals surface area contributed by atoms with Gasteiger partial charge in [0.25, 0.3) is 0 Å². The monoisotopic (exact) mass is 618 g/mol. The van der Waals surface area contributed by atoms with Gasteiger partial charge in [-0.1, -0.05) is 23.7 Å². The Hall–Kier alpha value is -4.62. The predicted molar refractivity (Wildman–Crippen MR) is 147 cm³/mol. The van der Waals surface area contributed by atoms with Crippen LogP contribution >= 0.6 is 11.6 Å². The van der Waals surface area contributed by atoms with E-state index in [0.717, 1.165) is 33.8 Å². The first-order chi connectivity index (χ1) is 20.3. The van der Waals surface area contributed by atoms with Crippen molar-refractivity contribution in [3.63, 3.8) is 0 Å². The van der Waals surface area contributed by atoms with Gasteiger partial charge in [-0.15, -0.1) is 0 Å². The number of halogens is 1. The Morgan fingerprint density at radius 3 is 2.07 bits per heavy atom. The number of fused-ring (bicyclic) bond motifs is 1. The number of esters is 4. The van der Waals surface area contributed by atoms with Gasteiger partial charge in [0.2, 0.25) is 17.8 Å². The van der Waals surface area contributed by atoms with Crippen LogP contribution in [0, 0.1) is 0 Å². The fraction of sp³-hybridized carbons (Fsp3) is 0.345. The molecule has 5 atom stereocenters. The molecule has 1 aromatic heterocycles. The average Bonchev–Trinajstić information content (AvgIpc) is 2.91. The molecule has 1 aliphatic rings. The Balaban J connectivity index is 1.74. The number of carbonyl (C=O) groups is 4. The topological polar surface area (TPSA) is 174 Å². The molecule has 4 rings (SSSR count). The lowest BCUT2D eigenvalue weighted by Gasteiger charge is -2.43. The zero-order valence-corrected chi connectivity index (χ0v) is 24.1. The number of hydrogen-bond acceptors (Lipinski definition) is 13. The molecule has 0 saturated carbocycles. The minimum Gasteiger partial charge on any atom is -0.507 e. The van der Waals surface area contributed by atoms with Gasteiger partial charge in [-0.05, 0) is 17.7 Å². The Labute approximate surface area is 249 Å². The van der Waals surface area contributed by atoms with Gasteiger partial charge >= 0.3 is 23.9 Å². The third kappa shape index (κ3) is 7.43. The van der Waals surface area contributed by atoms with Crippen molar-refractivity contribution >= 4 is 46.4 Å². The Morgan fingerprint density at radius 2 is 1.47 bits per heavy atom. The number of hydrogen-bond donors (Lipinski definition) is 1. The molecule has 228 valence electrons. The summed E-state index contributed by atoms with van der Waals surface area (Å²) in [5.41, 5.74) is 0.105. The highest BCUT2D eigenvalue weighted by Gasteiger charge is 2.53. The quantitative estimate of drug-likeness (QED) is 0.288. The van der Waals surface area contributed by atoms with Gasteiger partial charge in [-0.3, -0.25) is 24.0 Å². The number of carbonyl (C=O) groups excluding carboxylic acids is 4. The molecular weight excluding hydrogens is 592 g/mol. The molecule has 0 bridgehead atoms. The molecule has 1 saturated heterocycles. The van der Waals surface area contributed by atoms with Crippen molar-refractivity contribution in [1.82, 2.24) is 0 Å². The summed E-state index contributed by atoms with van der Waals surface area (Å²) in [7, 11) is 0. The lowest BCUT2D eigenvalue weighted by Crippen LogP contribution is -2.63. The molecule has 2 aromatic carbocycles. The molecule has 14 heteroatoms. The third-order valence-corrected chi connectivity index (χ3v) is 6.44. The summed E-state index contributed by atoms with van der Waals surface area (Å²) in [6, 6.07) is 8.85. The highest BCUT2D eigenvalue weighted by Crippen LogP contribution is 2.35. The van der Waals surface area contributed by atoms with Crippen LogP contribution in [0.5, 0.6) is 11.5 Å². The molecule has 0 amide bonds. The third-order valence-electron chi connectivity index (χ3n) is 6.19. The van der Waals surface area contributed by atoms with Crippen LogP contribution in [0.15, 0.2) is 51.9 Å². The largest absolute Gasteiger partial charge is 0.507 e. The molecule has 2 heterocycles. The second kappa shape index (κ2) is 13.1. The number of phenols is 1. The van der Waals surface area contributed by atoms with E-state index in [1.807, 2.05) is 0 Å². The van der Waals surface area contributed by atoms with Crippen molar-refractivity contribution < 1.29 is 57.1 Å². The smallest absolute Gasteiger partial charge is 0.303 e. The van der Waals surface area contributed by atoms with Gasteiger partial charge in [-0.2, -0.15) is 0 Å². The fourth-order valence-electron chi connectivity index (χ4n) is 4.52. The van der Waals surface area contributed by atoms with Crippen LogP contribution in [0.25, 0.3) is 22.1 Å². The van der Waals surface area contributed by atoms with Crippen molar-refractivity contribution in [3.05, 3.63) is 57.9 Å². The molecule has 3 aromatic rings. The van der Waals surface area contributed by atoms with Gasteiger partial charge in [0, 0.05) is 44.9 Å². The summed E-state index contributed by atoms with van der Waals surface area (Å²) in [6.45, 7) is 3.96. The molecule has 1 fully saturated rings. The number of ether oxygens (including phenoxy) is 6. The van der Waals surface area contributed by atoms with Crippen LogP contribution in [0.3, 0.4) is 0 Å². The van der Waals surface area contributed by atoms with Crippen LogP contribution < -0.4 is 10.2 Å². The molecule has 0 unspecified atom stereocenters. The van der Waals surface area contributed by atoms with Crippen molar-refractivity contribution in [2.24, 2.45) is 0 Å². The van der Waals surface area contributed by atoms with E-state index >= 15 is 0 Å². The molecule has 43 heavy (non-hydrogen) atoms. The molecule has 1 N–H and O–H groups in total. The van der Waals surface area contributed by atoms with Crippen molar-refractivity contribution in [2.75, 3.05) is 6.61 Å². The number of rotatable bonds is 8. The lowest BCUT2D eigenvalue weighted by molar-refractivity contribution is -0.288. The minimum atomic E-state index is -1.56. The van der Waals surface area contributed by atoms with E-state index < -0.39 is 72.4 Å². The molecule has 13 nitrogen and oxygen atoms in total. The second-order valence-electron chi connectivity index (χ2n) is 9.49. The number of aromatic hydroxyl groups is 1. The predicted octanol–water partition coefficient (Wildman–Crippen LogP) is 3.28. The van der Waals surface area contributed by atoms with E-state index in [-0.39, 0.29) is 22.3 Å². The zero-order valence-electron chi connectivity index (χ0n) is 23.4. The standard InChI is InChI=1S/C29H27ClO13/c1-13(31)37-12-23-26(39-14(2)32)27(40-15(3)33)28(41-16(4)34)29(43-23)42-19-9-21(35)24-22(10-19)38-11-20(25(24)36)17-5-7-18(30)8-6-17/h5-11,23,26-29,35H,12H2,1-4H3/t23-,26-,27-,28+,29-/m0/s1. The Morgan fingerprint density at radius 1 is 0.860 bits per heavy atom. The van der Waals surface area contributed by atoms with Gasteiger partial charge in [0.15, 0.2) is 12.2 Å². The maximum Gasteiger partial charge on any atom is 0.303 e. The van der Waals surface area contributed by atoms with E-state index in [0.29, 0.717) is 10.6 Å². The summed E-state index contributed by atoms with van der Waals surface area (Å²) in [4.78, 5) is 60.8. The normalized spacial score (nSPS) is 21.5. The van der Waals surface area contributed by atoms with E-state index in [2.05, 4.69) is 0 Å². The molecule has 0 aliphatic carbocycles. The van der Waals surface area contributed by atoms with E-state index in [4.69, 9.17) is 44.4 Å². The summed E-state index contributed by atoms with van der Waals surface area (Å²) >= 11 is 5.94. The maximum atomic E-state index is 13.2. The van der Waals surface area contributed by atoms with Crippen LogP contribution in [-0.2, 0) is 42.9 Å². The molecule has 0 radical (unpaired) electrons. The molecular formula is C29H27ClO13. The highest BCUT2D eigenvalue weighted by atomic mass is 35.5. The number of benzene rings is 2. The average molecular weight is 619 g/mol. The SMILES string of the molecule is CC(=O)OC[C@@H]1O[C@H](Oc2cc(O)c3c(=O)c(-c4ccc(Cl)cc4)coc3c2)[C@H](OC(C)=O)[C@@H](OC(C)=O)[C@H]1OC(C)=O. The van der Waals surface area contributed by atoms with Gasteiger partial charge in [0.1, 0.15) is 41.4 Å². The summed E-state index contributed by atoms with van der Waals surface area (Å²) in [5.74, 6) is -3.70. The fourth-order valence-corrected chi connectivity index (χ4v) is 4.65. The zero-order chi connectivity index (χ0) is 31.4. The van der Waals surface area contributed by atoms with Crippen molar-refractivity contribution in [1.29, 1.82) is 0 Å². The van der Waals surface area contributed by atoms with E-state index in [1.165, 1.54) is 12.3 Å². The lowest BCUT2D eigenvalue weighted by atomic mass is 9.98. The van der Waals surface area contributed by atoms with Crippen molar-refractivity contribution in [2.45, 2.75) is 58.4 Å². The van der Waals surface area contributed by atoms with Crippen LogP contribution in [0.2, 0.25) is 5.02 Å². The van der Waals surface area contributed by atoms with E-state index in [9.17, 15) is 29.1 Å². The first-order valence-corrected chi connectivity index (χ1v) is 13.2. The highest BCUT2D eigenvalue weighted by molar-refractivity contribution is 6.30. The van der Waals surface area contributed by atoms with E-state index in [1.54, 1.807) is 24.3 Å².